The lowest BCUT2D eigenvalue weighted by atomic mass is 9.85. The third kappa shape index (κ3) is 4.74. The summed E-state index contributed by atoms with van der Waals surface area (Å²) < 4.78 is 7.27. The van der Waals surface area contributed by atoms with Crippen LogP contribution in [-0.2, 0) is 13.1 Å². The number of ether oxygens (including phenoxy) is 1. The van der Waals surface area contributed by atoms with Gasteiger partial charge in [-0.05, 0) is 55.7 Å². The molecule has 2 fully saturated rings. The molecule has 0 radical (unpaired) electrons. The lowest BCUT2D eigenvalue weighted by Gasteiger charge is -2.26. The summed E-state index contributed by atoms with van der Waals surface area (Å²) in [5, 5.41) is 8.75. The van der Waals surface area contributed by atoms with Crippen molar-refractivity contribution < 1.29 is 4.74 Å². The van der Waals surface area contributed by atoms with Crippen LogP contribution in [0.25, 0.3) is 22.6 Å². The van der Waals surface area contributed by atoms with Crippen molar-refractivity contribution >= 4 is 28.9 Å². The zero-order chi connectivity index (χ0) is 25.4. The maximum atomic E-state index is 13.6. The number of pyridine rings is 1. The van der Waals surface area contributed by atoms with E-state index in [4.69, 9.17) is 14.9 Å². The number of anilines is 1. The molecule has 37 heavy (non-hydrogen) atoms. The summed E-state index contributed by atoms with van der Waals surface area (Å²) in [6.07, 6.45) is 10.4. The Morgan fingerprint density at radius 3 is 2.65 bits per heavy atom. The molecule has 0 aliphatic heterocycles. The molecule has 3 N–H and O–H groups in total. The molecule has 4 heterocycles. The summed E-state index contributed by atoms with van der Waals surface area (Å²) in [4.78, 5) is 41.8. The van der Waals surface area contributed by atoms with Crippen molar-refractivity contribution in [2.24, 2.45) is 11.1 Å². The molecule has 0 aromatic carbocycles. The van der Waals surface area contributed by atoms with Crippen molar-refractivity contribution in [1.29, 1.82) is 0 Å². The van der Waals surface area contributed by atoms with E-state index in [-0.39, 0.29) is 11.4 Å². The van der Waals surface area contributed by atoms with Gasteiger partial charge >= 0.3 is 0 Å². The second-order valence-electron chi connectivity index (χ2n) is 9.45. The van der Waals surface area contributed by atoms with Gasteiger partial charge in [0.05, 0.1) is 31.2 Å². The Morgan fingerprint density at radius 1 is 1.11 bits per heavy atom. The van der Waals surface area contributed by atoms with Crippen LogP contribution in [0.4, 0.5) is 5.82 Å². The fourth-order valence-electron chi connectivity index (χ4n) is 4.55. The maximum Gasteiger partial charge on any atom is 0.294 e. The normalized spacial score (nSPS) is 15.5. The monoisotopic (exact) mass is 517 g/mol. The molecule has 0 spiro atoms. The number of nitrogens with one attached hydrogen (secondary N) is 1. The first-order chi connectivity index (χ1) is 18.1. The highest BCUT2D eigenvalue weighted by molar-refractivity contribution is 7.97. The molecule has 11 nitrogen and oxygen atoms in total. The highest BCUT2D eigenvalue weighted by atomic mass is 32.2. The Bertz CT molecular complexity index is 1500. The van der Waals surface area contributed by atoms with E-state index in [9.17, 15) is 4.79 Å². The molecule has 4 aromatic rings. The van der Waals surface area contributed by atoms with Gasteiger partial charge in [-0.15, -0.1) is 0 Å². The number of rotatable bonds is 9. The number of nitrogens with zero attached hydrogens (tertiary/aromatic N) is 7. The molecule has 0 unspecified atom stereocenters. The SMILES string of the molecule is COc1ncnc(C2CC2)c1-c1ncc2nc(NCc3ccc(SN)cn3)c(=O)n(CC3CCC3)c2n1. The van der Waals surface area contributed by atoms with Crippen molar-refractivity contribution in [3.8, 4) is 17.3 Å². The Morgan fingerprint density at radius 2 is 1.97 bits per heavy atom. The predicted molar refractivity (Wildman–Crippen MR) is 140 cm³/mol. The highest BCUT2D eigenvalue weighted by Crippen LogP contribution is 2.44. The van der Waals surface area contributed by atoms with E-state index in [1.165, 1.54) is 12.7 Å². The summed E-state index contributed by atoms with van der Waals surface area (Å²) in [7, 11) is 1.58. The van der Waals surface area contributed by atoms with Crippen LogP contribution < -0.4 is 20.8 Å². The van der Waals surface area contributed by atoms with Crippen molar-refractivity contribution in [3.05, 3.63) is 52.6 Å². The van der Waals surface area contributed by atoms with Gasteiger partial charge in [-0.2, -0.15) is 0 Å². The Labute approximate surface area is 217 Å². The third-order valence-electron chi connectivity index (χ3n) is 6.94. The minimum Gasteiger partial charge on any atom is -0.480 e. The largest absolute Gasteiger partial charge is 0.480 e. The number of aromatic nitrogens is 7. The molecular weight excluding hydrogens is 490 g/mol. The van der Waals surface area contributed by atoms with Gasteiger partial charge in [0.15, 0.2) is 17.3 Å². The molecule has 12 heteroatoms. The van der Waals surface area contributed by atoms with Gasteiger partial charge in [-0.25, -0.2) is 24.9 Å². The second-order valence-corrected chi connectivity index (χ2v) is 10.2. The quantitative estimate of drug-likeness (QED) is 0.315. The Kier molecular flexibility index (Phi) is 6.43. The smallest absolute Gasteiger partial charge is 0.294 e. The lowest BCUT2D eigenvalue weighted by molar-refractivity contribution is 0.276. The summed E-state index contributed by atoms with van der Waals surface area (Å²) in [6.45, 7) is 0.941. The molecule has 0 saturated heterocycles. The van der Waals surface area contributed by atoms with Crippen LogP contribution in [-0.4, -0.2) is 41.6 Å². The number of methoxy groups -OCH3 is 1. The first-order valence-electron chi connectivity index (χ1n) is 12.4. The van der Waals surface area contributed by atoms with Gasteiger partial charge in [-0.3, -0.25) is 19.5 Å². The zero-order valence-corrected chi connectivity index (χ0v) is 21.2. The predicted octanol–water partition coefficient (Wildman–Crippen LogP) is 3.30. The van der Waals surface area contributed by atoms with Gasteiger partial charge in [0, 0.05) is 23.6 Å². The van der Waals surface area contributed by atoms with Crippen LogP contribution in [0.15, 0.2) is 40.5 Å². The Hall–Kier alpha value is -3.64. The average molecular weight is 518 g/mol. The minimum absolute atomic E-state index is 0.211. The highest BCUT2D eigenvalue weighted by Gasteiger charge is 2.31. The second kappa shape index (κ2) is 10.0. The van der Waals surface area contributed by atoms with Crippen molar-refractivity contribution in [1.82, 2.24) is 34.5 Å². The number of fused-ring (bicyclic) bond motifs is 1. The van der Waals surface area contributed by atoms with Gasteiger partial charge in [0.25, 0.3) is 5.56 Å². The van der Waals surface area contributed by atoms with E-state index in [2.05, 4.69) is 30.2 Å². The fraction of sp³-hybridized carbons (Fsp3) is 0.400. The summed E-state index contributed by atoms with van der Waals surface area (Å²) in [6, 6.07) is 3.77. The molecule has 190 valence electrons. The molecular formula is C25H27N9O2S. The first kappa shape index (κ1) is 23.7. The van der Waals surface area contributed by atoms with E-state index in [0.717, 1.165) is 53.9 Å². The van der Waals surface area contributed by atoms with Gasteiger partial charge in [-0.1, -0.05) is 6.42 Å². The van der Waals surface area contributed by atoms with Crippen LogP contribution in [0, 0.1) is 5.92 Å². The van der Waals surface area contributed by atoms with Crippen LogP contribution >= 0.6 is 11.9 Å². The van der Waals surface area contributed by atoms with E-state index in [0.29, 0.717) is 53.4 Å². The standard InChI is InChI=1S/C25H27N9O2S/c1-36-24-19(20(15-5-6-15)30-13-31-24)21-29-11-18-23(33-21)34(12-14-3-2-4-14)25(35)22(32-18)28-9-16-7-8-17(37-26)10-27-16/h7-8,10-11,13-15H,2-6,9,12,26H2,1H3,(H,28,32). The first-order valence-corrected chi connectivity index (χ1v) is 13.2. The topological polar surface area (TPSA) is 147 Å². The molecule has 2 aliphatic rings. The van der Waals surface area contributed by atoms with Crippen LogP contribution in [0.5, 0.6) is 5.88 Å². The summed E-state index contributed by atoms with van der Waals surface area (Å²) in [5.41, 5.74) is 3.18. The average Bonchev–Trinajstić information content (AvgIpc) is 3.76. The van der Waals surface area contributed by atoms with Crippen molar-refractivity contribution in [2.75, 3.05) is 12.4 Å². The van der Waals surface area contributed by atoms with Crippen molar-refractivity contribution in [2.45, 2.75) is 56.0 Å². The fourth-order valence-corrected chi connectivity index (χ4v) is 4.81. The molecule has 0 amide bonds. The van der Waals surface area contributed by atoms with Crippen LogP contribution in [0.2, 0.25) is 0 Å². The van der Waals surface area contributed by atoms with Gasteiger partial charge in [0.1, 0.15) is 17.4 Å². The van der Waals surface area contributed by atoms with Crippen LogP contribution in [0.1, 0.15) is 49.4 Å². The lowest BCUT2D eigenvalue weighted by Crippen LogP contribution is -2.30. The third-order valence-corrected chi connectivity index (χ3v) is 7.46. The van der Waals surface area contributed by atoms with Crippen molar-refractivity contribution in [3.63, 3.8) is 0 Å². The molecule has 2 aliphatic carbocycles. The molecule has 6 rings (SSSR count). The molecule has 0 atom stereocenters. The van der Waals surface area contributed by atoms with Gasteiger partial charge in [0.2, 0.25) is 5.88 Å². The van der Waals surface area contributed by atoms with Crippen LogP contribution in [0.3, 0.4) is 0 Å². The number of nitrogens with two attached hydrogens (primary N) is 1. The molecule has 4 aromatic heterocycles. The zero-order valence-electron chi connectivity index (χ0n) is 20.4. The molecule has 2 saturated carbocycles. The van der Waals surface area contributed by atoms with E-state index >= 15 is 0 Å². The maximum absolute atomic E-state index is 13.6. The number of hydrogen-bond donors (Lipinski definition) is 2. The molecule has 0 bridgehead atoms. The summed E-state index contributed by atoms with van der Waals surface area (Å²) >= 11 is 1.14. The van der Waals surface area contributed by atoms with E-state index in [1.54, 1.807) is 24.1 Å². The summed E-state index contributed by atoms with van der Waals surface area (Å²) in [5.74, 6) is 1.91. The minimum atomic E-state index is -0.211. The van der Waals surface area contributed by atoms with Gasteiger partial charge < -0.3 is 10.1 Å². The Balaban J connectivity index is 1.41. The van der Waals surface area contributed by atoms with E-state index in [1.807, 2.05) is 12.1 Å². The van der Waals surface area contributed by atoms with E-state index < -0.39 is 0 Å². The number of hydrogen-bond acceptors (Lipinski definition) is 11.